The van der Waals surface area contributed by atoms with Crippen LogP contribution in [0.3, 0.4) is 0 Å². The molecule has 130 valence electrons. The second kappa shape index (κ2) is 7.03. The summed E-state index contributed by atoms with van der Waals surface area (Å²) >= 11 is 0. The number of benzene rings is 1. The molecular weight excluding hydrogens is 308 g/mol. The van der Waals surface area contributed by atoms with Gasteiger partial charge in [-0.3, -0.25) is 4.79 Å². The van der Waals surface area contributed by atoms with E-state index in [0.29, 0.717) is 0 Å². The number of hydrogen-bond acceptors (Lipinski definition) is 3. The molecule has 0 saturated carbocycles. The molecule has 6 heteroatoms. The highest BCUT2D eigenvalue weighted by Crippen LogP contribution is 2.29. The van der Waals surface area contributed by atoms with Gasteiger partial charge in [-0.25, -0.2) is 14.5 Å². The van der Waals surface area contributed by atoms with E-state index in [9.17, 15) is 19.5 Å². The molecule has 24 heavy (non-hydrogen) atoms. The molecule has 0 radical (unpaired) electrons. The highest BCUT2D eigenvalue weighted by molar-refractivity contribution is 6.07. The average molecular weight is 332 g/mol. The summed E-state index contributed by atoms with van der Waals surface area (Å²) in [4.78, 5) is 39.7. The Hall–Kier alpha value is -2.37. The van der Waals surface area contributed by atoms with Crippen molar-refractivity contribution in [3.05, 3.63) is 35.9 Å². The van der Waals surface area contributed by atoms with E-state index in [4.69, 9.17) is 0 Å². The molecule has 1 N–H and O–H groups in total. The Kier molecular flexibility index (Phi) is 5.26. The lowest BCUT2D eigenvalue weighted by Crippen LogP contribution is -2.49. The first-order chi connectivity index (χ1) is 11.3. The lowest BCUT2D eigenvalue weighted by atomic mass is 10.00. The predicted octanol–water partition coefficient (Wildman–Crippen LogP) is 2.58. The quantitative estimate of drug-likeness (QED) is 0.812. The highest BCUT2D eigenvalue weighted by atomic mass is 16.4. The zero-order valence-corrected chi connectivity index (χ0v) is 14.5. The molecule has 1 aromatic rings. The third kappa shape index (κ3) is 3.27. The third-order valence-corrected chi connectivity index (χ3v) is 4.27. The molecule has 0 spiro atoms. The number of carbonyl (C=O) groups excluding carboxylic acids is 2. The SMILES string of the molecule is CC(C)C1C(=O)N(C(C(=O)O)C(C)C)C(=O)N1Cc1ccccc1. The molecule has 0 aliphatic carbocycles. The highest BCUT2D eigenvalue weighted by Gasteiger charge is 2.51. The van der Waals surface area contributed by atoms with Crippen LogP contribution in [-0.2, 0) is 16.1 Å². The molecular formula is C18H24N2O4. The average Bonchev–Trinajstić information content (AvgIpc) is 2.72. The Labute approximate surface area is 142 Å². The maximum Gasteiger partial charge on any atom is 0.328 e. The first-order valence-electron chi connectivity index (χ1n) is 8.16. The molecule has 1 aromatic carbocycles. The van der Waals surface area contributed by atoms with Gasteiger partial charge in [0.25, 0.3) is 5.91 Å². The molecule has 2 unspecified atom stereocenters. The number of nitrogens with zero attached hydrogens (tertiary/aromatic N) is 2. The predicted molar refractivity (Wildman–Crippen MR) is 89.1 cm³/mol. The van der Waals surface area contributed by atoms with E-state index >= 15 is 0 Å². The summed E-state index contributed by atoms with van der Waals surface area (Å²) in [5.74, 6) is -2.04. The summed E-state index contributed by atoms with van der Waals surface area (Å²) in [5, 5.41) is 9.48. The van der Waals surface area contributed by atoms with Crippen molar-refractivity contribution in [1.82, 2.24) is 9.80 Å². The van der Waals surface area contributed by atoms with Gasteiger partial charge in [-0.05, 0) is 17.4 Å². The first kappa shape index (κ1) is 18.0. The molecule has 1 aliphatic rings. The summed E-state index contributed by atoms with van der Waals surface area (Å²) < 4.78 is 0. The van der Waals surface area contributed by atoms with Gasteiger partial charge in [0.15, 0.2) is 0 Å². The number of carboxylic acids is 1. The molecule has 2 rings (SSSR count). The molecule has 0 aromatic heterocycles. The van der Waals surface area contributed by atoms with E-state index in [2.05, 4.69) is 0 Å². The van der Waals surface area contributed by atoms with Crippen molar-refractivity contribution in [2.75, 3.05) is 0 Å². The minimum absolute atomic E-state index is 0.100. The second-order valence-corrected chi connectivity index (χ2v) is 6.82. The molecule has 1 saturated heterocycles. The smallest absolute Gasteiger partial charge is 0.328 e. The number of carbonyl (C=O) groups is 3. The zero-order valence-electron chi connectivity index (χ0n) is 14.5. The van der Waals surface area contributed by atoms with Crippen LogP contribution in [0.5, 0.6) is 0 Å². The van der Waals surface area contributed by atoms with Gasteiger partial charge in [-0.1, -0.05) is 58.0 Å². The van der Waals surface area contributed by atoms with Crippen molar-refractivity contribution < 1.29 is 19.5 Å². The van der Waals surface area contributed by atoms with Crippen molar-refractivity contribution >= 4 is 17.9 Å². The van der Waals surface area contributed by atoms with Crippen LogP contribution in [0, 0.1) is 11.8 Å². The third-order valence-electron chi connectivity index (χ3n) is 4.27. The van der Waals surface area contributed by atoms with Crippen molar-refractivity contribution in [2.45, 2.75) is 46.3 Å². The van der Waals surface area contributed by atoms with E-state index in [0.717, 1.165) is 10.5 Å². The van der Waals surface area contributed by atoms with Gasteiger partial charge >= 0.3 is 12.0 Å². The number of carboxylic acid groups (broad SMARTS) is 1. The Morgan fingerprint density at radius 1 is 1.12 bits per heavy atom. The Bertz CT molecular complexity index is 627. The lowest BCUT2D eigenvalue weighted by molar-refractivity contribution is -0.148. The zero-order chi connectivity index (χ0) is 18.0. The summed E-state index contributed by atoms with van der Waals surface area (Å²) in [5.41, 5.74) is 0.905. The molecule has 1 fully saturated rings. The van der Waals surface area contributed by atoms with Gasteiger partial charge in [0.2, 0.25) is 0 Å². The number of aliphatic carboxylic acids is 1. The fourth-order valence-electron chi connectivity index (χ4n) is 3.17. The van der Waals surface area contributed by atoms with Gasteiger partial charge in [0.1, 0.15) is 12.1 Å². The standard InChI is InChI=1S/C18H24N2O4/c1-11(2)14-16(21)20(15(12(3)4)17(22)23)18(24)19(14)10-13-8-6-5-7-9-13/h5-9,11-12,14-15H,10H2,1-4H3,(H,22,23). The van der Waals surface area contributed by atoms with E-state index in [1.54, 1.807) is 13.8 Å². The van der Waals surface area contributed by atoms with Gasteiger partial charge in [0.05, 0.1) is 0 Å². The van der Waals surface area contributed by atoms with Gasteiger partial charge in [0, 0.05) is 6.54 Å². The van der Waals surface area contributed by atoms with Crippen molar-refractivity contribution in [3.8, 4) is 0 Å². The Morgan fingerprint density at radius 2 is 1.71 bits per heavy atom. The number of imide groups is 1. The first-order valence-corrected chi connectivity index (χ1v) is 8.16. The fourth-order valence-corrected chi connectivity index (χ4v) is 3.17. The van der Waals surface area contributed by atoms with Crippen LogP contribution in [0.25, 0.3) is 0 Å². The molecule has 0 bridgehead atoms. The normalized spacial score (nSPS) is 19.5. The van der Waals surface area contributed by atoms with Gasteiger partial charge in [-0.2, -0.15) is 0 Å². The number of urea groups is 1. The van der Waals surface area contributed by atoms with Gasteiger partial charge in [-0.15, -0.1) is 0 Å². The van der Waals surface area contributed by atoms with E-state index in [1.165, 1.54) is 4.90 Å². The Morgan fingerprint density at radius 3 is 2.17 bits per heavy atom. The maximum absolute atomic E-state index is 12.9. The van der Waals surface area contributed by atoms with E-state index < -0.39 is 30.0 Å². The summed E-state index contributed by atoms with van der Waals surface area (Å²) in [6.45, 7) is 7.41. The van der Waals surface area contributed by atoms with Crippen molar-refractivity contribution in [2.24, 2.45) is 11.8 Å². The van der Waals surface area contributed by atoms with Crippen LogP contribution in [0.2, 0.25) is 0 Å². The minimum Gasteiger partial charge on any atom is -0.480 e. The van der Waals surface area contributed by atoms with Crippen LogP contribution in [0.4, 0.5) is 4.79 Å². The number of hydrogen-bond donors (Lipinski definition) is 1. The van der Waals surface area contributed by atoms with E-state index in [-0.39, 0.29) is 18.4 Å². The van der Waals surface area contributed by atoms with Gasteiger partial charge < -0.3 is 10.0 Å². The van der Waals surface area contributed by atoms with Crippen LogP contribution in [0.15, 0.2) is 30.3 Å². The van der Waals surface area contributed by atoms with E-state index in [1.807, 2.05) is 44.2 Å². The maximum atomic E-state index is 12.9. The summed E-state index contributed by atoms with van der Waals surface area (Å²) in [6.07, 6.45) is 0. The van der Waals surface area contributed by atoms with Crippen LogP contribution in [0.1, 0.15) is 33.3 Å². The van der Waals surface area contributed by atoms with Crippen molar-refractivity contribution in [3.63, 3.8) is 0 Å². The van der Waals surface area contributed by atoms with Crippen LogP contribution < -0.4 is 0 Å². The fraction of sp³-hybridized carbons (Fsp3) is 0.500. The van der Waals surface area contributed by atoms with Crippen molar-refractivity contribution in [1.29, 1.82) is 0 Å². The molecule has 1 heterocycles. The van der Waals surface area contributed by atoms with Crippen LogP contribution >= 0.6 is 0 Å². The minimum atomic E-state index is -1.16. The topological polar surface area (TPSA) is 77.9 Å². The molecule has 1 aliphatic heterocycles. The number of amides is 3. The van der Waals surface area contributed by atoms with Crippen LogP contribution in [-0.4, -0.2) is 44.9 Å². The summed E-state index contributed by atoms with van der Waals surface area (Å²) in [6, 6.07) is 7.08. The second-order valence-electron chi connectivity index (χ2n) is 6.82. The molecule has 6 nitrogen and oxygen atoms in total. The number of rotatable bonds is 6. The largest absolute Gasteiger partial charge is 0.480 e. The monoisotopic (exact) mass is 332 g/mol. The Balaban J connectivity index is 2.38. The molecule has 2 atom stereocenters. The molecule has 3 amide bonds. The lowest BCUT2D eigenvalue weighted by Gasteiger charge is -2.26. The summed E-state index contributed by atoms with van der Waals surface area (Å²) in [7, 11) is 0.